The number of ether oxygens (including phenoxy) is 1. The number of hydrogen-bond acceptors (Lipinski definition) is 7. The Morgan fingerprint density at radius 1 is 1.00 bits per heavy atom. The number of nitrogens with zero attached hydrogens (tertiary/aromatic N) is 4. The molecule has 188 valence electrons. The Morgan fingerprint density at radius 2 is 1.78 bits per heavy atom. The predicted octanol–water partition coefficient (Wildman–Crippen LogP) is 4.87. The fraction of sp³-hybridized carbons (Fsp3) is 0.333. The van der Waals surface area contributed by atoms with Gasteiger partial charge in [-0.25, -0.2) is 14.6 Å². The average molecular weight is 505 g/mol. The lowest BCUT2D eigenvalue weighted by molar-refractivity contribution is 0.0952. The Morgan fingerprint density at radius 3 is 2.53 bits per heavy atom. The Labute approximate surface area is 215 Å². The van der Waals surface area contributed by atoms with Crippen molar-refractivity contribution in [2.24, 2.45) is 0 Å². The molecule has 0 saturated carbocycles. The van der Waals surface area contributed by atoms with Crippen LogP contribution in [0, 0.1) is 0 Å². The van der Waals surface area contributed by atoms with Crippen molar-refractivity contribution in [1.29, 1.82) is 0 Å². The van der Waals surface area contributed by atoms with E-state index in [4.69, 9.17) is 9.72 Å². The summed E-state index contributed by atoms with van der Waals surface area (Å²) in [6.45, 7) is 6.99. The van der Waals surface area contributed by atoms with Crippen molar-refractivity contribution in [2.75, 3.05) is 37.4 Å². The molecule has 0 aliphatic carbocycles. The highest BCUT2D eigenvalue weighted by atomic mass is 32.2. The van der Waals surface area contributed by atoms with Crippen molar-refractivity contribution in [3.63, 3.8) is 0 Å². The van der Waals surface area contributed by atoms with Crippen LogP contribution in [-0.2, 0) is 11.3 Å². The van der Waals surface area contributed by atoms with Crippen LogP contribution >= 0.6 is 11.8 Å². The minimum absolute atomic E-state index is 0.113. The summed E-state index contributed by atoms with van der Waals surface area (Å²) < 4.78 is 7.26. The standard InChI is InChI=1S/C27H32N6O2S/c1-3-18-36-27-31-24(28-15-17-35-4-2)23-19-30-33(25(23)32-27)16-14-29-26(34)22-12-10-21(11-13-22)20-8-6-5-7-9-20/h5-13,19H,3-4,14-18H2,1-2H3,(H,29,34)(H,28,31,32). The normalized spacial score (nSPS) is 11.1. The zero-order valence-electron chi connectivity index (χ0n) is 20.7. The first-order chi connectivity index (χ1) is 17.7. The van der Waals surface area contributed by atoms with Gasteiger partial charge < -0.3 is 15.4 Å². The van der Waals surface area contributed by atoms with Gasteiger partial charge in [-0.1, -0.05) is 61.2 Å². The van der Waals surface area contributed by atoms with Crippen molar-refractivity contribution < 1.29 is 9.53 Å². The van der Waals surface area contributed by atoms with Crippen molar-refractivity contribution >= 4 is 34.5 Å². The number of carbonyl (C=O) groups is 1. The van der Waals surface area contributed by atoms with E-state index in [0.717, 1.165) is 40.2 Å². The van der Waals surface area contributed by atoms with E-state index in [-0.39, 0.29) is 5.91 Å². The fourth-order valence-electron chi connectivity index (χ4n) is 3.70. The van der Waals surface area contributed by atoms with E-state index in [9.17, 15) is 4.79 Å². The maximum Gasteiger partial charge on any atom is 0.251 e. The van der Waals surface area contributed by atoms with E-state index in [1.54, 1.807) is 18.0 Å². The second-order valence-corrected chi connectivity index (χ2v) is 9.19. The zero-order chi connectivity index (χ0) is 25.2. The second-order valence-electron chi connectivity index (χ2n) is 8.13. The monoisotopic (exact) mass is 504 g/mol. The van der Waals surface area contributed by atoms with Gasteiger partial charge in [-0.05, 0) is 36.6 Å². The number of benzene rings is 2. The molecule has 2 aromatic carbocycles. The molecule has 9 heteroatoms. The summed E-state index contributed by atoms with van der Waals surface area (Å²) in [6.07, 6.45) is 2.81. The highest BCUT2D eigenvalue weighted by Crippen LogP contribution is 2.25. The molecule has 0 saturated heterocycles. The highest BCUT2D eigenvalue weighted by molar-refractivity contribution is 7.99. The van der Waals surface area contributed by atoms with Gasteiger partial charge in [0.25, 0.3) is 5.91 Å². The van der Waals surface area contributed by atoms with E-state index < -0.39 is 0 Å². The number of fused-ring (bicyclic) bond motifs is 1. The summed E-state index contributed by atoms with van der Waals surface area (Å²) in [5, 5.41) is 12.4. The number of carbonyl (C=O) groups excluding carboxylic acids is 1. The lowest BCUT2D eigenvalue weighted by atomic mass is 10.0. The van der Waals surface area contributed by atoms with Crippen molar-refractivity contribution in [1.82, 2.24) is 25.1 Å². The van der Waals surface area contributed by atoms with E-state index in [1.807, 2.05) is 54.1 Å². The minimum atomic E-state index is -0.113. The molecule has 1 amide bonds. The summed E-state index contributed by atoms with van der Waals surface area (Å²) in [5.74, 6) is 1.59. The van der Waals surface area contributed by atoms with Gasteiger partial charge in [0.1, 0.15) is 5.82 Å². The van der Waals surface area contributed by atoms with E-state index in [1.165, 1.54) is 0 Å². The molecule has 0 unspecified atom stereocenters. The third-order valence-corrected chi connectivity index (χ3v) is 6.57. The molecule has 36 heavy (non-hydrogen) atoms. The average Bonchev–Trinajstić information content (AvgIpc) is 3.33. The number of nitrogens with one attached hydrogen (secondary N) is 2. The lowest BCUT2D eigenvalue weighted by Crippen LogP contribution is -2.27. The van der Waals surface area contributed by atoms with Gasteiger partial charge >= 0.3 is 0 Å². The number of thioether (sulfide) groups is 1. The van der Waals surface area contributed by atoms with E-state index in [2.05, 4.69) is 39.8 Å². The molecule has 2 N–H and O–H groups in total. The number of anilines is 1. The summed E-state index contributed by atoms with van der Waals surface area (Å²) in [5.41, 5.74) is 3.59. The minimum Gasteiger partial charge on any atom is -0.380 e. The Bertz CT molecular complexity index is 1260. The first-order valence-electron chi connectivity index (χ1n) is 12.3. The molecular formula is C27H32N6O2S. The predicted molar refractivity (Wildman–Crippen MR) is 146 cm³/mol. The molecule has 0 aliphatic heterocycles. The summed E-state index contributed by atoms with van der Waals surface area (Å²) in [4.78, 5) is 22.1. The highest BCUT2D eigenvalue weighted by Gasteiger charge is 2.14. The zero-order valence-corrected chi connectivity index (χ0v) is 21.6. The van der Waals surface area contributed by atoms with Crippen LogP contribution in [0.5, 0.6) is 0 Å². The van der Waals surface area contributed by atoms with Gasteiger partial charge in [-0.15, -0.1) is 0 Å². The van der Waals surface area contributed by atoms with Gasteiger partial charge in [0.15, 0.2) is 10.8 Å². The van der Waals surface area contributed by atoms with E-state index >= 15 is 0 Å². The molecule has 2 heterocycles. The van der Waals surface area contributed by atoms with Crippen LogP contribution in [-0.4, -0.2) is 57.7 Å². The number of hydrogen-bond donors (Lipinski definition) is 2. The maximum atomic E-state index is 12.7. The number of amides is 1. The summed E-state index contributed by atoms with van der Waals surface area (Å²) >= 11 is 1.63. The molecule has 0 fully saturated rings. The van der Waals surface area contributed by atoms with Gasteiger partial charge in [0, 0.05) is 31.0 Å². The lowest BCUT2D eigenvalue weighted by Gasteiger charge is -2.10. The molecule has 4 rings (SSSR count). The maximum absolute atomic E-state index is 12.7. The largest absolute Gasteiger partial charge is 0.380 e. The number of rotatable bonds is 13. The quantitative estimate of drug-likeness (QED) is 0.152. The van der Waals surface area contributed by atoms with Crippen LogP contribution in [0.15, 0.2) is 66.0 Å². The molecular weight excluding hydrogens is 472 g/mol. The van der Waals surface area contributed by atoms with Crippen LogP contribution < -0.4 is 10.6 Å². The smallest absolute Gasteiger partial charge is 0.251 e. The van der Waals surface area contributed by atoms with E-state index in [0.29, 0.717) is 43.6 Å². The molecule has 8 nitrogen and oxygen atoms in total. The molecule has 2 aromatic heterocycles. The molecule has 0 radical (unpaired) electrons. The van der Waals surface area contributed by atoms with Gasteiger partial charge in [0.05, 0.1) is 24.7 Å². The first kappa shape index (κ1) is 25.7. The van der Waals surface area contributed by atoms with Crippen LogP contribution in [0.4, 0.5) is 5.82 Å². The molecule has 0 atom stereocenters. The SMILES string of the molecule is CCCSc1nc(NCCOCC)c2cnn(CCNC(=O)c3ccc(-c4ccccc4)cc3)c2n1. The van der Waals surface area contributed by atoms with Crippen molar-refractivity contribution in [3.8, 4) is 11.1 Å². The third kappa shape index (κ3) is 6.61. The molecule has 4 aromatic rings. The van der Waals surface area contributed by atoms with Crippen LogP contribution in [0.1, 0.15) is 30.6 Å². The third-order valence-electron chi connectivity index (χ3n) is 5.52. The Hall–Kier alpha value is -3.43. The van der Waals surface area contributed by atoms with Crippen molar-refractivity contribution in [3.05, 3.63) is 66.4 Å². The Balaban J connectivity index is 1.41. The van der Waals surface area contributed by atoms with Crippen LogP contribution in [0.25, 0.3) is 22.2 Å². The molecule has 0 aliphatic rings. The van der Waals surface area contributed by atoms with Crippen molar-refractivity contribution in [2.45, 2.75) is 32.0 Å². The molecule has 0 bridgehead atoms. The van der Waals surface area contributed by atoms with Crippen LogP contribution in [0.3, 0.4) is 0 Å². The fourth-order valence-corrected chi connectivity index (χ4v) is 4.39. The van der Waals surface area contributed by atoms with Gasteiger partial charge in [-0.2, -0.15) is 5.10 Å². The summed E-state index contributed by atoms with van der Waals surface area (Å²) in [6, 6.07) is 17.8. The van der Waals surface area contributed by atoms with Gasteiger partial charge in [0.2, 0.25) is 0 Å². The van der Waals surface area contributed by atoms with Gasteiger partial charge in [-0.3, -0.25) is 4.79 Å². The molecule has 0 spiro atoms. The topological polar surface area (TPSA) is 94.0 Å². The first-order valence-corrected chi connectivity index (χ1v) is 13.3. The summed E-state index contributed by atoms with van der Waals surface area (Å²) in [7, 11) is 0. The second kappa shape index (κ2) is 13.0. The Kier molecular flexibility index (Phi) is 9.29. The van der Waals surface area contributed by atoms with Crippen LogP contribution in [0.2, 0.25) is 0 Å². The number of aromatic nitrogens is 4.